The molecule has 1 aromatic heterocycles. The van der Waals surface area contributed by atoms with Gasteiger partial charge < -0.3 is 4.74 Å². The van der Waals surface area contributed by atoms with Gasteiger partial charge in [-0.3, -0.25) is 4.57 Å². The first-order chi connectivity index (χ1) is 11.7. The van der Waals surface area contributed by atoms with E-state index in [1.54, 1.807) is 0 Å². The van der Waals surface area contributed by atoms with Gasteiger partial charge in [0, 0.05) is 13.1 Å². The molecule has 1 heterocycles. The van der Waals surface area contributed by atoms with Gasteiger partial charge in [0.25, 0.3) is 0 Å². The molecule has 6 nitrogen and oxygen atoms in total. The molecule has 2 rings (SSSR count). The van der Waals surface area contributed by atoms with Gasteiger partial charge in [-0.2, -0.15) is 17.9 Å². The monoisotopic (exact) mass is 379 g/mol. The number of aromatic nitrogens is 3. The maximum absolute atomic E-state index is 14.3. The topological polar surface area (TPSA) is 66.1 Å². The maximum atomic E-state index is 14.3. The van der Waals surface area contributed by atoms with Crippen molar-refractivity contribution in [1.82, 2.24) is 14.3 Å². The molecule has 0 saturated carbocycles. The maximum Gasteiger partial charge on any atom is 0.451 e. The first kappa shape index (κ1) is 19.6. The minimum atomic E-state index is -4.97. The van der Waals surface area contributed by atoms with E-state index in [1.165, 1.54) is 20.8 Å². The third-order valence-corrected chi connectivity index (χ3v) is 3.12. The Kier molecular flexibility index (Phi) is 4.69. The molecule has 0 bridgehead atoms. The van der Waals surface area contributed by atoms with E-state index in [0.29, 0.717) is 12.1 Å². The van der Waals surface area contributed by atoms with Crippen LogP contribution in [-0.2, 0) is 18.0 Å². The Morgan fingerprint density at radius 2 is 1.69 bits per heavy atom. The number of carbonyl (C=O) groups excluding carboxylic acids is 1. The third-order valence-electron chi connectivity index (χ3n) is 3.12. The number of hydrogen-bond acceptors (Lipinski definition) is 4. The number of benzene rings is 1. The number of hydrogen-bond donors (Lipinski definition) is 0. The molecule has 2 aromatic rings. The number of carbonyl (C=O) groups is 1. The highest BCUT2D eigenvalue weighted by molar-refractivity contribution is 5.90. The van der Waals surface area contributed by atoms with Crippen LogP contribution >= 0.6 is 0 Å². The summed E-state index contributed by atoms with van der Waals surface area (Å²) in [5, 5.41) is 3.01. The van der Waals surface area contributed by atoms with E-state index < -0.39 is 52.1 Å². The molecule has 0 fully saturated rings. The van der Waals surface area contributed by atoms with Gasteiger partial charge in [0.2, 0.25) is 5.82 Å². The number of halogens is 5. The molecular weight excluding hydrogens is 365 g/mol. The third kappa shape index (κ3) is 3.75. The number of rotatable bonds is 2. The van der Waals surface area contributed by atoms with Gasteiger partial charge in [-0.05, 0) is 26.8 Å². The summed E-state index contributed by atoms with van der Waals surface area (Å²) in [6.07, 6.45) is -4.97. The van der Waals surface area contributed by atoms with E-state index in [9.17, 15) is 31.5 Å². The normalized spacial score (nSPS) is 12.3. The molecule has 142 valence electrons. The van der Waals surface area contributed by atoms with Crippen LogP contribution in [0.5, 0.6) is 0 Å². The Morgan fingerprint density at radius 1 is 1.12 bits per heavy atom. The van der Waals surface area contributed by atoms with Gasteiger partial charge in [-0.25, -0.2) is 18.4 Å². The fraction of sp³-hybridized carbons (Fsp3) is 0.400. The van der Waals surface area contributed by atoms with Crippen LogP contribution in [-0.4, -0.2) is 25.9 Å². The van der Waals surface area contributed by atoms with Gasteiger partial charge in [0.05, 0.1) is 5.56 Å². The van der Waals surface area contributed by atoms with E-state index in [0.717, 1.165) is 7.05 Å². The Balaban J connectivity index is 2.56. The van der Waals surface area contributed by atoms with E-state index in [1.807, 2.05) is 0 Å². The number of esters is 1. The van der Waals surface area contributed by atoms with Gasteiger partial charge in [-0.15, -0.1) is 5.10 Å². The van der Waals surface area contributed by atoms with Gasteiger partial charge in [0.15, 0.2) is 0 Å². The van der Waals surface area contributed by atoms with Crippen LogP contribution in [0.3, 0.4) is 0 Å². The van der Waals surface area contributed by atoms with E-state index in [4.69, 9.17) is 4.74 Å². The van der Waals surface area contributed by atoms with Crippen molar-refractivity contribution >= 4 is 5.97 Å². The largest absolute Gasteiger partial charge is 0.456 e. The first-order valence-corrected chi connectivity index (χ1v) is 7.18. The van der Waals surface area contributed by atoms with E-state index >= 15 is 0 Å². The fourth-order valence-corrected chi connectivity index (χ4v) is 2.03. The average molecular weight is 379 g/mol. The lowest BCUT2D eigenvalue weighted by atomic mass is 10.1. The lowest BCUT2D eigenvalue weighted by Crippen LogP contribution is -2.26. The second-order valence-electron chi connectivity index (χ2n) is 6.36. The minimum Gasteiger partial charge on any atom is -0.456 e. The molecule has 0 radical (unpaired) electrons. The van der Waals surface area contributed by atoms with Gasteiger partial charge in [0.1, 0.15) is 22.9 Å². The molecule has 0 aliphatic carbocycles. The van der Waals surface area contributed by atoms with Crippen LogP contribution in [0.15, 0.2) is 16.9 Å². The zero-order chi connectivity index (χ0) is 20.0. The molecule has 1 aromatic carbocycles. The van der Waals surface area contributed by atoms with Crippen molar-refractivity contribution in [2.75, 3.05) is 0 Å². The number of nitrogens with zero attached hydrogens (tertiary/aromatic N) is 3. The molecule has 0 atom stereocenters. The van der Waals surface area contributed by atoms with Crippen molar-refractivity contribution in [3.05, 3.63) is 45.6 Å². The summed E-state index contributed by atoms with van der Waals surface area (Å²) in [6.45, 7) is 4.54. The Labute approximate surface area is 143 Å². The lowest BCUT2D eigenvalue weighted by Gasteiger charge is -2.19. The number of alkyl halides is 3. The van der Waals surface area contributed by atoms with Crippen LogP contribution < -0.4 is 5.69 Å². The SMILES string of the molecule is Cn1c(C(F)(F)F)nn(-c2cc(F)c(C(=O)OC(C)(C)C)cc2F)c1=O. The molecule has 0 aliphatic rings. The van der Waals surface area contributed by atoms with Gasteiger partial charge in [-0.1, -0.05) is 0 Å². The zero-order valence-corrected chi connectivity index (χ0v) is 14.1. The lowest BCUT2D eigenvalue weighted by molar-refractivity contribution is -0.147. The predicted octanol–water partition coefficient (Wildman–Crippen LogP) is 2.82. The van der Waals surface area contributed by atoms with Crippen molar-refractivity contribution in [3.63, 3.8) is 0 Å². The molecule has 0 spiro atoms. The van der Waals surface area contributed by atoms with Crippen molar-refractivity contribution in [1.29, 1.82) is 0 Å². The second-order valence-corrected chi connectivity index (χ2v) is 6.36. The standard InChI is InChI=1S/C15H14F5N3O3/c1-14(2,3)26-11(24)7-5-9(17)10(6-8(7)16)23-13(25)22(4)12(21-23)15(18,19)20/h5-6H,1-4H3. The van der Waals surface area contributed by atoms with Crippen LogP contribution in [0.25, 0.3) is 5.69 Å². The van der Waals surface area contributed by atoms with Crippen LogP contribution in [0.2, 0.25) is 0 Å². The molecular formula is C15H14F5N3O3. The quantitative estimate of drug-likeness (QED) is 0.595. The zero-order valence-electron chi connectivity index (χ0n) is 14.1. The highest BCUT2D eigenvalue weighted by Gasteiger charge is 2.38. The van der Waals surface area contributed by atoms with Crippen LogP contribution in [0, 0.1) is 11.6 Å². The smallest absolute Gasteiger partial charge is 0.451 e. The van der Waals surface area contributed by atoms with Crippen molar-refractivity contribution in [2.45, 2.75) is 32.5 Å². The van der Waals surface area contributed by atoms with E-state index in [2.05, 4.69) is 5.10 Å². The Bertz CT molecular complexity index is 922. The second kappa shape index (κ2) is 6.22. The molecule has 0 aliphatic heterocycles. The molecule has 0 saturated heterocycles. The molecule has 26 heavy (non-hydrogen) atoms. The predicted molar refractivity (Wildman–Crippen MR) is 78.9 cm³/mol. The number of ether oxygens (including phenoxy) is 1. The van der Waals surface area contributed by atoms with E-state index in [-0.39, 0.29) is 9.25 Å². The summed E-state index contributed by atoms with van der Waals surface area (Å²) < 4.78 is 72.0. The van der Waals surface area contributed by atoms with Crippen molar-refractivity contribution in [2.24, 2.45) is 7.05 Å². The van der Waals surface area contributed by atoms with Crippen LogP contribution in [0.1, 0.15) is 37.0 Å². The Hall–Kier alpha value is -2.72. The highest BCUT2D eigenvalue weighted by Crippen LogP contribution is 2.27. The summed E-state index contributed by atoms with van der Waals surface area (Å²) in [5.41, 5.74) is -3.94. The summed E-state index contributed by atoms with van der Waals surface area (Å²) in [5.74, 6) is -5.34. The Morgan fingerprint density at radius 3 is 2.15 bits per heavy atom. The summed E-state index contributed by atoms with van der Waals surface area (Å²) in [7, 11) is 0.790. The van der Waals surface area contributed by atoms with Gasteiger partial charge >= 0.3 is 17.8 Å². The fourth-order valence-electron chi connectivity index (χ4n) is 2.03. The minimum absolute atomic E-state index is 0.0696. The van der Waals surface area contributed by atoms with Crippen molar-refractivity contribution < 1.29 is 31.5 Å². The molecule has 11 heteroatoms. The van der Waals surface area contributed by atoms with Crippen LogP contribution in [0.4, 0.5) is 22.0 Å². The molecule has 0 unspecified atom stereocenters. The summed E-state index contributed by atoms with van der Waals surface area (Å²) in [6, 6.07) is 0.844. The summed E-state index contributed by atoms with van der Waals surface area (Å²) >= 11 is 0. The molecule has 0 N–H and O–H groups in total. The summed E-state index contributed by atoms with van der Waals surface area (Å²) in [4.78, 5) is 23.8. The average Bonchev–Trinajstić information content (AvgIpc) is 2.75. The first-order valence-electron chi connectivity index (χ1n) is 7.18. The molecule has 0 amide bonds. The highest BCUT2D eigenvalue weighted by atomic mass is 19.4. The van der Waals surface area contributed by atoms with Crippen molar-refractivity contribution in [3.8, 4) is 5.69 Å².